The molecule has 0 saturated heterocycles. The quantitative estimate of drug-likeness (QED) is 0.726. The second-order valence-corrected chi connectivity index (χ2v) is 5.12. The Labute approximate surface area is 104 Å². The Bertz CT molecular complexity index is 405. The lowest BCUT2D eigenvalue weighted by Gasteiger charge is -2.22. The Morgan fingerprint density at radius 2 is 1.88 bits per heavy atom. The minimum Gasteiger partial charge on any atom is -0.367 e. The number of hydrogen-bond acceptors (Lipinski definition) is 2. The maximum Gasteiger partial charge on any atom is 0.188 e. The highest BCUT2D eigenvalue weighted by molar-refractivity contribution is 5.97. The monoisotopic (exact) mass is 234 g/mol. The molecule has 0 spiro atoms. The molecule has 0 fully saturated rings. The van der Waals surface area contributed by atoms with E-state index >= 15 is 0 Å². The summed E-state index contributed by atoms with van der Waals surface area (Å²) >= 11 is 0. The predicted molar refractivity (Wildman–Crippen MR) is 70.6 cm³/mol. The van der Waals surface area contributed by atoms with E-state index in [1.807, 2.05) is 45.9 Å². The SMILES string of the molecule is CCC(C)(C)OCC(=O)c1ccc(C)c(C)c1. The first-order valence-corrected chi connectivity index (χ1v) is 6.10. The van der Waals surface area contributed by atoms with Crippen molar-refractivity contribution in [2.75, 3.05) is 6.61 Å². The summed E-state index contributed by atoms with van der Waals surface area (Å²) < 4.78 is 5.62. The number of ether oxygens (including phenoxy) is 1. The van der Waals surface area contributed by atoms with Crippen molar-refractivity contribution in [3.05, 3.63) is 34.9 Å². The van der Waals surface area contributed by atoms with Crippen LogP contribution < -0.4 is 0 Å². The van der Waals surface area contributed by atoms with Gasteiger partial charge in [-0.25, -0.2) is 0 Å². The molecule has 0 aliphatic heterocycles. The highest BCUT2D eigenvalue weighted by Gasteiger charge is 2.17. The van der Waals surface area contributed by atoms with Crippen LogP contribution in [-0.2, 0) is 4.74 Å². The molecule has 1 aromatic carbocycles. The van der Waals surface area contributed by atoms with E-state index in [9.17, 15) is 4.79 Å². The minimum absolute atomic E-state index is 0.0506. The van der Waals surface area contributed by atoms with E-state index in [0.717, 1.165) is 17.5 Å². The molecule has 0 aromatic heterocycles. The largest absolute Gasteiger partial charge is 0.367 e. The molecule has 0 aliphatic rings. The van der Waals surface area contributed by atoms with Crippen LogP contribution in [0, 0.1) is 13.8 Å². The number of aryl methyl sites for hydroxylation is 2. The summed E-state index contributed by atoms with van der Waals surface area (Å²) in [6.45, 7) is 10.3. The Morgan fingerprint density at radius 3 is 2.41 bits per heavy atom. The molecule has 17 heavy (non-hydrogen) atoms. The summed E-state index contributed by atoms with van der Waals surface area (Å²) in [5.41, 5.74) is 2.86. The molecular weight excluding hydrogens is 212 g/mol. The van der Waals surface area contributed by atoms with Crippen molar-refractivity contribution in [3.63, 3.8) is 0 Å². The normalized spacial score (nSPS) is 11.6. The van der Waals surface area contributed by atoms with Crippen molar-refractivity contribution in [2.24, 2.45) is 0 Å². The molecule has 1 aromatic rings. The zero-order valence-corrected chi connectivity index (χ0v) is 11.5. The molecule has 0 amide bonds. The smallest absolute Gasteiger partial charge is 0.188 e. The van der Waals surface area contributed by atoms with Gasteiger partial charge in [-0.3, -0.25) is 4.79 Å². The molecule has 0 unspecified atom stereocenters. The summed E-state index contributed by atoms with van der Waals surface area (Å²) in [7, 11) is 0. The third-order valence-electron chi connectivity index (χ3n) is 3.27. The van der Waals surface area contributed by atoms with Crippen molar-refractivity contribution in [1.29, 1.82) is 0 Å². The zero-order chi connectivity index (χ0) is 13.1. The van der Waals surface area contributed by atoms with E-state index in [2.05, 4.69) is 6.92 Å². The van der Waals surface area contributed by atoms with Crippen molar-refractivity contribution in [1.82, 2.24) is 0 Å². The van der Waals surface area contributed by atoms with Crippen LogP contribution in [0.25, 0.3) is 0 Å². The molecule has 0 heterocycles. The van der Waals surface area contributed by atoms with Crippen LogP contribution in [0.15, 0.2) is 18.2 Å². The zero-order valence-electron chi connectivity index (χ0n) is 11.5. The first-order chi connectivity index (χ1) is 7.85. The minimum atomic E-state index is -0.227. The molecule has 0 bridgehead atoms. The molecule has 0 atom stereocenters. The molecule has 94 valence electrons. The Balaban J connectivity index is 2.68. The molecule has 1 rings (SSSR count). The number of Topliss-reactive ketones (excluding diaryl/α,β-unsaturated/α-hetero) is 1. The number of rotatable bonds is 5. The summed E-state index contributed by atoms with van der Waals surface area (Å²) in [6, 6.07) is 5.78. The standard InChI is InChI=1S/C15H22O2/c1-6-15(4,5)17-10-14(16)13-8-7-11(2)12(3)9-13/h7-9H,6,10H2,1-5H3. The van der Waals surface area contributed by atoms with Gasteiger partial charge in [-0.05, 0) is 51.3 Å². The number of carbonyl (C=O) groups excluding carboxylic acids is 1. The number of ketones is 1. The van der Waals surface area contributed by atoms with Crippen LogP contribution >= 0.6 is 0 Å². The van der Waals surface area contributed by atoms with Crippen LogP contribution in [-0.4, -0.2) is 18.0 Å². The van der Waals surface area contributed by atoms with E-state index in [-0.39, 0.29) is 18.0 Å². The Morgan fingerprint density at radius 1 is 1.24 bits per heavy atom. The van der Waals surface area contributed by atoms with Gasteiger partial charge in [0.15, 0.2) is 5.78 Å². The fourth-order valence-electron chi connectivity index (χ4n) is 1.36. The van der Waals surface area contributed by atoms with Crippen molar-refractivity contribution < 1.29 is 9.53 Å². The van der Waals surface area contributed by atoms with Crippen LogP contribution in [0.5, 0.6) is 0 Å². The Hall–Kier alpha value is -1.15. The van der Waals surface area contributed by atoms with Crippen molar-refractivity contribution in [2.45, 2.75) is 46.6 Å². The molecule has 0 radical (unpaired) electrons. The first kappa shape index (κ1) is 13.9. The fraction of sp³-hybridized carbons (Fsp3) is 0.533. The molecule has 2 heteroatoms. The van der Waals surface area contributed by atoms with Gasteiger partial charge in [0.2, 0.25) is 0 Å². The van der Waals surface area contributed by atoms with E-state index < -0.39 is 0 Å². The lowest BCUT2D eigenvalue weighted by molar-refractivity contribution is -0.0122. The molecule has 0 saturated carbocycles. The fourth-order valence-corrected chi connectivity index (χ4v) is 1.36. The van der Waals surface area contributed by atoms with Crippen LogP contribution in [0.1, 0.15) is 48.7 Å². The molecular formula is C15H22O2. The predicted octanol–water partition coefficient (Wildman–Crippen LogP) is 3.69. The maximum absolute atomic E-state index is 11.9. The topological polar surface area (TPSA) is 26.3 Å². The number of carbonyl (C=O) groups is 1. The van der Waals surface area contributed by atoms with Gasteiger partial charge < -0.3 is 4.74 Å². The van der Waals surface area contributed by atoms with Crippen molar-refractivity contribution >= 4 is 5.78 Å². The van der Waals surface area contributed by atoms with E-state index in [4.69, 9.17) is 4.74 Å². The molecule has 2 nitrogen and oxygen atoms in total. The van der Waals surface area contributed by atoms with E-state index in [1.165, 1.54) is 5.56 Å². The lowest BCUT2D eigenvalue weighted by Crippen LogP contribution is -2.26. The summed E-state index contributed by atoms with van der Waals surface area (Å²) in [4.78, 5) is 11.9. The lowest BCUT2D eigenvalue weighted by atomic mass is 10.0. The van der Waals surface area contributed by atoms with Gasteiger partial charge in [0.25, 0.3) is 0 Å². The highest BCUT2D eigenvalue weighted by Crippen LogP contribution is 2.15. The summed E-state index contributed by atoms with van der Waals surface area (Å²) in [6.07, 6.45) is 0.896. The number of benzene rings is 1. The van der Waals surface area contributed by atoms with E-state index in [1.54, 1.807) is 0 Å². The third-order valence-corrected chi connectivity index (χ3v) is 3.27. The van der Waals surface area contributed by atoms with Gasteiger partial charge in [0, 0.05) is 5.56 Å². The van der Waals surface area contributed by atoms with Gasteiger partial charge in [-0.1, -0.05) is 19.1 Å². The van der Waals surface area contributed by atoms with E-state index in [0.29, 0.717) is 0 Å². The van der Waals surface area contributed by atoms with Crippen LogP contribution in [0.4, 0.5) is 0 Å². The average molecular weight is 234 g/mol. The molecule has 0 N–H and O–H groups in total. The summed E-state index contributed by atoms with van der Waals surface area (Å²) in [5.74, 6) is 0.0506. The molecule has 0 aliphatic carbocycles. The van der Waals surface area contributed by atoms with Gasteiger partial charge in [0.05, 0.1) is 5.60 Å². The van der Waals surface area contributed by atoms with Gasteiger partial charge in [0.1, 0.15) is 6.61 Å². The van der Waals surface area contributed by atoms with Gasteiger partial charge in [-0.15, -0.1) is 0 Å². The van der Waals surface area contributed by atoms with Gasteiger partial charge in [-0.2, -0.15) is 0 Å². The first-order valence-electron chi connectivity index (χ1n) is 6.10. The number of hydrogen-bond donors (Lipinski definition) is 0. The van der Waals surface area contributed by atoms with Crippen LogP contribution in [0.2, 0.25) is 0 Å². The van der Waals surface area contributed by atoms with Gasteiger partial charge >= 0.3 is 0 Å². The maximum atomic E-state index is 11.9. The average Bonchev–Trinajstić information content (AvgIpc) is 2.30. The Kier molecular flexibility index (Phi) is 4.47. The van der Waals surface area contributed by atoms with Crippen molar-refractivity contribution in [3.8, 4) is 0 Å². The highest BCUT2D eigenvalue weighted by atomic mass is 16.5. The second-order valence-electron chi connectivity index (χ2n) is 5.12. The summed E-state index contributed by atoms with van der Waals surface area (Å²) in [5, 5.41) is 0. The van der Waals surface area contributed by atoms with Crippen LogP contribution in [0.3, 0.4) is 0 Å². The third kappa shape index (κ3) is 3.97. The second kappa shape index (κ2) is 5.46.